The maximum Gasteiger partial charge on any atom is 0.325 e. The summed E-state index contributed by atoms with van der Waals surface area (Å²) in [5, 5.41) is 14.6. The van der Waals surface area contributed by atoms with Crippen LogP contribution in [0.1, 0.15) is 18.4 Å². The lowest BCUT2D eigenvalue weighted by atomic mass is 10.1. The number of urea groups is 1. The second-order valence-electron chi connectivity index (χ2n) is 6.55. The van der Waals surface area contributed by atoms with E-state index >= 15 is 0 Å². The predicted octanol–water partition coefficient (Wildman–Crippen LogP) is 0.745. The van der Waals surface area contributed by atoms with Gasteiger partial charge in [0.25, 0.3) is 5.91 Å². The fraction of sp³-hybridized carbons (Fsp3) is 0.526. The average molecular weight is 426 g/mol. The fourth-order valence-corrected chi connectivity index (χ4v) is 3.49. The van der Waals surface area contributed by atoms with Crippen LogP contribution in [0.4, 0.5) is 4.79 Å². The number of thioether (sulfide) groups is 1. The lowest BCUT2D eigenvalue weighted by Gasteiger charge is -2.17. The van der Waals surface area contributed by atoms with Gasteiger partial charge in [-0.25, -0.2) is 4.79 Å². The number of carbonyl (C=O) groups excluding carboxylic acids is 3. The minimum Gasteiger partial charge on any atom is -0.493 e. The smallest absolute Gasteiger partial charge is 0.325 e. The Labute approximate surface area is 174 Å². The van der Waals surface area contributed by atoms with E-state index in [1.165, 1.54) is 14.2 Å². The number of imide groups is 1. The summed E-state index contributed by atoms with van der Waals surface area (Å²) in [6, 6.07) is 3.27. The Morgan fingerprint density at radius 3 is 2.66 bits per heavy atom. The molecule has 0 aliphatic carbocycles. The number of rotatable bonds is 11. The van der Waals surface area contributed by atoms with E-state index in [2.05, 4.69) is 10.6 Å². The normalized spacial score (nSPS) is 17.1. The van der Waals surface area contributed by atoms with Crippen molar-refractivity contribution in [1.82, 2.24) is 15.5 Å². The predicted molar refractivity (Wildman–Crippen MR) is 109 cm³/mol. The molecule has 1 fully saturated rings. The van der Waals surface area contributed by atoms with Gasteiger partial charge in [-0.3, -0.25) is 14.5 Å². The standard InChI is InChI=1S/C19H27N3O6S/c1-27-15-5-4-12(8-16(15)28-2)10-22-18(25)14(21-19(22)26)9-17(24)20-13(11-23)6-7-29-3/h4-5,8,13-14,23H,6-7,9-11H2,1-3H3,(H,20,24)(H,21,26)/t13-,14-/m1/s1. The van der Waals surface area contributed by atoms with Gasteiger partial charge in [-0.2, -0.15) is 11.8 Å². The first kappa shape index (κ1) is 22.8. The van der Waals surface area contributed by atoms with E-state index in [0.717, 1.165) is 10.7 Å². The molecule has 1 saturated heterocycles. The molecule has 160 valence electrons. The van der Waals surface area contributed by atoms with E-state index < -0.39 is 23.9 Å². The molecule has 0 bridgehead atoms. The molecule has 1 aliphatic rings. The van der Waals surface area contributed by atoms with Crippen molar-refractivity contribution in [2.45, 2.75) is 31.5 Å². The second kappa shape index (κ2) is 10.9. The molecule has 10 heteroatoms. The Balaban J connectivity index is 1.98. The summed E-state index contributed by atoms with van der Waals surface area (Å²) in [5.74, 6) is 0.974. The van der Waals surface area contributed by atoms with Crippen LogP contribution in [-0.4, -0.2) is 72.8 Å². The monoisotopic (exact) mass is 425 g/mol. The third-order valence-electron chi connectivity index (χ3n) is 4.54. The Kier molecular flexibility index (Phi) is 8.59. The largest absolute Gasteiger partial charge is 0.493 e. The van der Waals surface area contributed by atoms with Gasteiger partial charge in [0.15, 0.2) is 11.5 Å². The number of amides is 4. The van der Waals surface area contributed by atoms with Gasteiger partial charge in [-0.1, -0.05) is 6.07 Å². The number of methoxy groups -OCH3 is 2. The molecule has 0 spiro atoms. The highest BCUT2D eigenvalue weighted by Gasteiger charge is 2.39. The Bertz CT molecular complexity index is 745. The maximum atomic E-state index is 12.6. The average Bonchev–Trinajstić information content (AvgIpc) is 2.98. The lowest BCUT2D eigenvalue weighted by molar-refractivity contribution is -0.131. The van der Waals surface area contributed by atoms with Gasteiger partial charge in [0, 0.05) is 0 Å². The quantitative estimate of drug-likeness (QED) is 0.448. The molecule has 2 atom stereocenters. The van der Waals surface area contributed by atoms with Gasteiger partial charge in [0.2, 0.25) is 5.91 Å². The van der Waals surface area contributed by atoms with Gasteiger partial charge >= 0.3 is 6.03 Å². The van der Waals surface area contributed by atoms with Crippen molar-refractivity contribution in [3.63, 3.8) is 0 Å². The minimum atomic E-state index is -0.928. The number of aliphatic hydroxyl groups excluding tert-OH is 1. The summed E-state index contributed by atoms with van der Waals surface area (Å²) in [7, 11) is 3.02. The first-order valence-corrected chi connectivity index (χ1v) is 10.5. The van der Waals surface area contributed by atoms with Gasteiger partial charge in [-0.15, -0.1) is 0 Å². The molecule has 0 unspecified atom stereocenters. The van der Waals surface area contributed by atoms with Crippen molar-refractivity contribution >= 4 is 29.6 Å². The number of nitrogens with one attached hydrogen (secondary N) is 2. The van der Waals surface area contributed by atoms with E-state index in [4.69, 9.17) is 9.47 Å². The van der Waals surface area contributed by atoms with Crippen molar-refractivity contribution in [3.8, 4) is 11.5 Å². The molecule has 4 amide bonds. The fourth-order valence-electron chi connectivity index (χ4n) is 2.97. The first-order valence-electron chi connectivity index (χ1n) is 9.15. The summed E-state index contributed by atoms with van der Waals surface area (Å²) in [5.41, 5.74) is 0.689. The van der Waals surface area contributed by atoms with Gasteiger partial charge < -0.3 is 25.2 Å². The number of ether oxygens (including phenoxy) is 2. The summed E-state index contributed by atoms with van der Waals surface area (Å²) in [4.78, 5) is 38.1. The molecule has 0 saturated carbocycles. The van der Waals surface area contributed by atoms with Gasteiger partial charge in [0.1, 0.15) is 6.04 Å². The van der Waals surface area contributed by atoms with Gasteiger partial charge in [-0.05, 0) is 36.1 Å². The molecule has 9 nitrogen and oxygen atoms in total. The summed E-state index contributed by atoms with van der Waals surface area (Å²) < 4.78 is 10.4. The molecular formula is C19H27N3O6S. The third-order valence-corrected chi connectivity index (χ3v) is 5.19. The molecule has 1 aromatic carbocycles. The van der Waals surface area contributed by atoms with Crippen molar-refractivity contribution in [2.24, 2.45) is 0 Å². The highest BCUT2D eigenvalue weighted by molar-refractivity contribution is 7.98. The Morgan fingerprint density at radius 2 is 2.03 bits per heavy atom. The number of aliphatic hydroxyl groups is 1. The molecule has 1 aromatic rings. The second-order valence-corrected chi connectivity index (χ2v) is 7.53. The van der Waals surface area contributed by atoms with Crippen molar-refractivity contribution < 1.29 is 29.0 Å². The molecule has 2 rings (SSSR count). The Hall–Kier alpha value is -2.46. The minimum absolute atomic E-state index is 0.0517. The molecule has 29 heavy (non-hydrogen) atoms. The van der Waals surface area contributed by atoms with Crippen LogP contribution >= 0.6 is 11.8 Å². The van der Waals surface area contributed by atoms with Gasteiger partial charge in [0.05, 0.1) is 39.8 Å². The SMILES string of the molecule is COc1ccc(CN2C(=O)N[C@H](CC(=O)N[C@@H](CO)CCSC)C2=O)cc1OC. The zero-order valence-electron chi connectivity index (χ0n) is 16.8. The third kappa shape index (κ3) is 6.01. The number of hydrogen-bond donors (Lipinski definition) is 3. The van der Waals surface area contributed by atoms with E-state index in [0.29, 0.717) is 23.5 Å². The number of benzene rings is 1. The van der Waals surface area contributed by atoms with Crippen molar-refractivity contribution in [3.05, 3.63) is 23.8 Å². The van der Waals surface area contributed by atoms with Crippen LogP contribution in [0.3, 0.4) is 0 Å². The number of nitrogens with zero attached hydrogens (tertiary/aromatic N) is 1. The maximum absolute atomic E-state index is 12.6. The molecule has 3 N–H and O–H groups in total. The van der Waals surface area contributed by atoms with Crippen LogP contribution < -0.4 is 20.1 Å². The van der Waals surface area contributed by atoms with E-state index in [1.807, 2.05) is 6.26 Å². The molecule has 0 radical (unpaired) electrons. The summed E-state index contributed by atoms with van der Waals surface area (Å²) in [6.45, 7) is -0.126. The van der Waals surface area contributed by atoms with E-state index in [9.17, 15) is 19.5 Å². The summed E-state index contributed by atoms with van der Waals surface area (Å²) >= 11 is 1.62. The zero-order chi connectivity index (χ0) is 21.4. The zero-order valence-corrected chi connectivity index (χ0v) is 17.6. The van der Waals surface area contributed by atoms with E-state index in [-0.39, 0.29) is 25.6 Å². The van der Waals surface area contributed by atoms with Crippen LogP contribution in [0.25, 0.3) is 0 Å². The van der Waals surface area contributed by atoms with Crippen molar-refractivity contribution in [2.75, 3.05) is 32.8 Å². The lowest BCUT2D eigenvalue weighted by Crippen LogP contribution is -2.42. The Morgan fingerprint density at radius 1 is 1.31 bits per heavy atom. The molecular weight excluding hydrogens is 398 g/mol. The van der Waals surface area contributed by atoms with Crippen LogP contribution in [0.2, 0.25) is 0 Å². The van der Waals surface area contributed by atoms with Crippen LogP contribution in [0, 0.1) is 0 Å². The molecule has 0 aromatic heterocycles. The van der Waals surface area contributed by atoms with Crippen LogP contribution in [0.5, 0.6) is 11.5 Å². The first-order chi connectivity index (χ1) is 13.9. The number of carbonyl (C=O) groups is 3. The summed E-state index contributed by atoms with van der Waals surface area (Å²) in [6.07, 6.45) is 2.39. The van der Waals surface area contributed by atoms with Crippen LogP contribution in [-0.2, 0) is 16.1 Å². The topological polar surface area (TPSA) is 117 Å². The molecule has 1 aliphatic heterocycles. The molecule has 1 heterocycles. The van der Waals surface area contributed by atoms with Crippen LogP contribution in [0.15, 0.2) is 18.2 Å². The highest BCUT2D eigenvalue weighted by atomic mass is 32.2. The van der Waals surface area contributed by atoms with Crippen molar-refractivity contribution in [1.29, 1.82) is 0 Å². The van der Waals surface area contributed by atoms with E-state index in [1.54, 1.807) is 30.0 Å². The highest BCUT2D eigenvalue weighted by Crippen LogP contribution is 2.28. The number of hydrogen-bond acceptors (Lipinski definition) is 7.